The van der Waals surface area contributed by atoms with E-state index in [9.17, 15) is 5.11 Å². The number of fused-ring (bicyclic) bond motifs is 1. The number of aliphatic hydroxyl groups is 1. The average molecular weight is 264 g/mol. The van der Waals surface area contributed by atoms with Gasteiger partial charge in [-0.1, -0.05) is 13.8 Å². The van der Waals surface area contributed by atoms with Gasteiger partial charge in [-0.05, 0) is 51.8 Å². The van der Waals surface area contributed by atoms with Gasteiger partial charge in [0, 0.05) is 30.0 Å². The summed E-state index contributed by atoms with van der Waals surface area (Å²) in [4.78, 5) is 2.51. The van der Waals surface area contributed by atoms with Crippen LogP contribution in [0.4, 0.5) is 0 Å². The van der Waals surface area contributed by atoms with Crippen LogP contribution < -0.4 is 0 Å². The quantitative estimate of drug-likeness (QED) is 0.856. The Morgan fingerprint density at radius 3 is 2.84 bits per heavy atom. The topological polar surface area (TPSA) is 28.4 Å². The van der Waals surface area contributed by atoms with Crippen LogP contribution in [-0.4, -0.2) is 34.2 Å². The average Bonchev–Trinajstić information content (AvgIpc) is 2.72. The second kappa shape index (κ2) is 6.58. The summed E-state index contributed by atoms with van der Waals surface area (Å²) in [5.41, 5.74) is 3.87. The van der Waals surface area contributed by atoms with Gasteiger partial charge in [-0.3, -0.25) is 0 Å². The lowest BCUT2D eigenvalue weighted by atomic mass is 9.95. The zero-order chi connectivity index (χ0) is 13.8. The summed E-state index contributed by atoms with van der Waals surface area (Å²) in [5.74, 6) is 0. The monoisotopic (exact) mass is 264 g/mol. The molecule has 0 aromatic carbocycles. The Hall–Kier alpha value is -0.800. The van der Waals surface area contributed by atoms with Crippen LogP contribution in [0.5, 0.6) is 0 Å². The molecule has 0 aliphatic heterocycles. The summed E-state index contributed by atoms with van der Waals surface area (Å²) in [7, 11) is 0. The molecule has 19 heavy (non-hydrogen) atoms. The van der Waals surface area contributed by atoms with Crippen LogP contribution in [0, 0.1) is 6.92 Å². The summed E-state index contributed by atoms with van der Waals surface area (Å²) in [6.07, 6.45) is 4.15. The molecule has 0 radical (unpaired) electrons. The molecule has 2 rings (SSSR count). The SMILES string of the molecule is CCCN(CC)CCn1c(C)cc2c1CCCC2O. The Balaban J connectivity index is 2.08. The van der Waals surface area contributed by atoms with Crippen LogP contribution in [0.15, 0.2) is 6.07 Å². The molecule has 0 saturated carbocycles. The molecule has 0 amide bonds. The van der Waals surface area contributed by atoms with E-state index in [0.717, 1.165) is 38.9 Å². The predicted molar refractivity (Wildman–Crippen MR) is 79.5 cm³/mol. The molecule has 1 aromatic rings. The van der Waals surface area contributed by atoms with E-state index in [2.05, 4.69) is 36.3 Å². The smallest absolute Gasteiger partial charge is 0.0807 e. The number of aryl methyl sites for hydroxylation is 1. The summed E-state index contributed by atoms with van der Waals surface area (Å²) in [6, 6.07) is 2.19. The van der Waals surface area contributed by atoms with E-state index in [1.807, 2.05) is 0 Å². The van der Waals surface area contributed by atoms with Gasteiger partial charge in [-0.15, -0.1) is 0 Å². The van der Waals surface area contributed by atoms with Crippen molar-refractivity contribution in [2.24, 2.45) is 0 Å². The third-order valence-electron chi connectivity index (χ3n) is 4.33. The third kappa shape index (κ3) is 3.21. The van der Waals surface area contributed by atoms with E-state index in [4.69, 9.17) is 0 Å². The van der Waals surface area contributed by atoms with Crippen molar-refractivity contribution in [2.75, 3.05) is 19.6 Å². The standard InChI is InChI=1S/C16H28N2O/c1-4-9-17(5-2)10-11-18-13(3)12-14-15(18)7-6-8-16(14)19/h12,16,19H,4-11H2,1-3H3. The van der Waals surface area contributed by atoms with E-state index >= 15 is 0 Å². The third-order valence-corrected chi connectivity index (χ3v) is 4.33. The molecule has 0 fully saturated rings. The fraction of sp³-hybridized carbons (Fsp3) is 0.750. The maximum Gasteiger partial charge on any atom is 0.0807 e. The van der Waals surface area contributed by atoms with Crippen LogP contribution in [0.25, 0.3) is 0 Å². The van der Waals surface area contributed by atoms with E-state index in [-0.39, 0.29) is 6.10 Å². The Kier molecular flexibility index (Phi) is 5.06. The molecular weight excluding hydrogens is 236 g/mol. The van der Waals surface area contributed by atoms with Crippen molar-refractivity contribution in [3.8, 4) is 0 Å². The number of hydrogen-bond donors (Lipinski definition) is 1. The Morgan fingerprint density at radius 1 is 1.37 bits per heavy atom. The molecule has 1 N–H and O–H groups in total. The molecule has 1 aliphatic rings. The lowest BCUT2D eigenvalue weighted by Crippen LogP contribution is -2.29. The van der Waals surface area contributed by atoms with E-state index in [1.54, 1.807) is 0 Å². The van der Waals surface area contributed by atoms with Crippen molar-refractivity contribution in [1.82, 2.24) is 9.47 Å². The van der Waals surface area contributed by atoms with Crippen molar-refractivity contribution >= 4 is 0 Å². The zero-order valence-electron chi connectivity index (χ0n) is 12.7. The summed E-state index contributed by atoms with van der Waals surface area (Å²) in [6.45, 7) is 11.1. The van der Waals surface area contributed by atoms with Crippen molar-refractivity contribution < 1.29 is 5.11 Å². The van der Waals surface area contributed by atoms with Gasteiger partial charge in [0.1, 0.15) is 0 Å². The van der Waals surface area contributed by atoms with Gasteiger partial charge in [-0.2, -0.15) is 0 Å². The molecule has 1 atom stereocenters. The van der Waals surface area contributed by atoms with Gasteiger partial charge in [-0.25, -0.2) is 0 Å². The molecule has 3 heteroatoms. The molecular formula is C16H28N2O. The molecule has 1 aliphatic carbocycles. The van der Waals surface area contributed by atoms with Crippen molar-refractivity contribution in [3.05, 3.63) is 23.0 Å². The van der Waals surface area contributed by atoms with Gasteiger partial charge >= 0.3 is 0 Å². The summed E-state index contributed by atoms with van der Waals surface area (Å²) in [5, 5.41) is 10.1. The Morgan fingerprint density at radius 2 is 2.16 bits per heavy atom. The van der Waals surface area contributed by atoms with Crippen molar-refractivity contribution in [3.63, 3.8) is 0 Å². The molecule has 0 spiro atoms. The molecule has 3 nitrogen and oxygen atoms in total. The van der Waals surface area contributed by atoms with Crippen LogP contribution in [0.3, 0.4) is 0 Å². The fourth-order valence-corrected chi connectivity index (χ4v) is 3.24. The molecule has 0 bridgehead atoms. The number of aliphatic hydroxyl groups excluding tert-OH is 1. The van der Waals surface area contributed by atoms with Gasteiger partial charge in [0.05, 0.1) is 6.10 Å². The predicted octanol–water partition coefficient (Wildman–Crippen LogP) is 2.90. The maximum absolute atomic E-state index is 10.1. The molecule has 1 aromatic heterocycles. The second-order valence-corrected chi connectivity index (χ2v) is 5.68. The summed E-state index contributed by atoms with van der Waals surface area (Å²) >= 11 is 0. The number of hydrogen-bond acceptors (Lipinski definition) is 2. The molecule has 0 saturated heterocycles. The highest BCUT2D eigenvalue weighted by Gasteiger charge is 2.22. The number of aromatic nitrogens is 1. The van der Waals surface area contributed by atoms with Gasteiger partial charge < -0.3 is 14.6 Å². The molecule has 1 unspecified atom stereocenters. The van der Waals surface area contributed by atoms with Crippen molar-refractivity contribution in [2.45, 2.75) is 59.1 Å². The Bertz CT molecular complexity index is 411. The highest BCUT2D eigenvalue weighted by molar-refractivity contribution is 5.31. The number of likely N-dealkylation sites (N-methyl/N-ethyl adjacent to an activating group) is 1. The maximum atomic E-state index is 10.1. The van der Waals surface area contributed by atoms with Crippen LogP contribution in [0.2, 0.25) is 0 Å². The zero-order valence-corrected chi connectivity index (χ0v) is 12.7. The highest BCUT2D eigenvalue weighted by atomic mass is 16.3. The summed E-state index contributed by atoms with van der Waals surface area (Å²) < 4.78 is 2.43. The lowest BCUT2D eigenvalue weighted by Gasteiger charge is -2.23. The molecule has 1 heterocycles. The van der Waals surface area contributed by atoms with Crippen LogP contribution in [-0.2, 0) is 13.0 Å². The molecule has 108 valence electrons. The van der Waals surface area contributed by atoms with Crippen LogP contribution in [0.1, 0.15) is 56.2 Å². The van der Waals surface area contributed by atoms with E-state index in [1.165, 1.54) is 29.9 Å². The minimum atomic E-state index is -0.235. The van der Waals surface area contributed by atoms with E-state index in [0.29, 0.717) is 0 Å². The van der Waals surface area contributed by atoms with Crippen LogP contribution >= 0.6 is 0 Å². The number of nitrogens with zero attached hydrogens (tertiary/aromatic N) is 2. The van der Waals surface area contributed by atoms with Gasteiger partial charge in [0.25, 0.3) is 0 Å². The highest BCUT2D eigenvalue weighted by Crippen LogP contribution is 2.32. The normalized spacial score (nSPS) is 18.9. The van der Waals surface area contributed by atoms with E-state index < -0.39 is 0 Å². The van der Waals surface area contributed by atoms with Gasteiger partial charge in [0.15, 0.2) is 0 Å². The first kappa shape index (κ1) is 14.6. The first-order valence-electron chi connectivity index (χ1n) is 7.76. The largest absolute Gasteiger partial charge is 0.388 e. The minimum absolute atomic E-state index is 0.235. The first-order chi connectivity index (χ1) is 9.17. The lowest BCUT2D eigenvalue weighted by molar-refractivity contribution is 0.155. The fourth-order valence-electron chi connectivity index (χ4n) is 3.24. The van der Waals surface area contributed by atoms with Gasteiger partial charge in [0.2, 0.25) is 0 Å². The minimum Gasteiger partial charge on any atom is -0.388 e. The van der Waals surface area contributed by atoms with Crippen molar-refractivity contribution in [1.29, 1.82) is 0 Å². The first-order valence-corrected chi connectivity index (χ1v) is 7.76. The Labute approximate surface area is 117 Å². The number of rotatable bonds is 6. The second-order valence-electron chi connectivity index (χ2n) is 5.68.